The number of carboxylic acid groups (broad SMARTS) is 1. The third-order valence-corrected chi connectivity index (χ3v) is 7.97. The van der Waals surface area contributed by atoms with Gasteiger partial charge in [0.15, 0.2) is 5.91 Å². The molecular weight excluding hydrogens is 410 g/mol. The van der Waals surface area contributed by atoms with Crippen molar-refractivity contribution < 1.29 is 29.0 Å². The standard InChI is InChI=1S/C19H33NO7Si2/c1-9-25-12-14-16(20(23)24)15(28(3,4)5)11-13(18(21)22)17(14)27-19(26-10-2)29(6,7)8/h11,19H,9-10,12H2,1-8H3,(H,21,22). The second kappa shape index (κ2) is 9.83. The largest absolute Gasteiger partial charge is 0.478 e. The maximum Gasteiger partial charge on any atom is 0.339 e. The molecule has 0 fully saturated rings. The zero-order valence-electron chi connectivity index (χ0n) is 18.6. The molecule has 1 aromatic carbocycles. The molecule has 1 unspecified atom stereocenters. The molecule has 1 atom stereocenters. The summed E-state index contributed by atoms with van der Waals surface area (Å²) in [5.74, 6) is -1.87. The number of hydrogen-bond acceptors (Lipinski definition) is 6. The zero-order valence-corrected chi connectivity index (χ0v) is 20.6. The molecule has 0 amide bonds. The molecule has 0 aliphatic rings. The highest BCUT2D eigenvalue weighted by atomic mass is 28.3. The zero-order chi connectivity index (χ0) is 22.6. The Kier molecular flexibility index (Phi) is 8.57. The SMILES string of the molecule is CCOCc1c(OC(OCC)[Si](C)(C)C)c(C(=O)O)cc([Si](C)(C)C)c1[N+](=O)[O-]. The van der Waals surface area contributed by atoms with Gasteiger partial charge in [-0.05, 0) is 19.9 Å². The van der Waals surface area contributed by atoms with Crippen LogP contribution < -0.4 is 9.92 Å². The van der Waals surface area contributed by atoms with Crippen LogP contribution in [0.15, 0.2) is 6.07 Å². The number of nitro benzene ring substituents is 1. The third-order valence-electron chi connectivity index (χ3n) is 4.27. The maximum absolute atomic E-state index is 12.1. The molecule has 164 valence electrons. The van der Waals surface area contributed by atoms with Gasteiger partial charge >= 0.3 is 5.97 Å². The summed E-state index contributed by atoms with van der Waals surface area (Å²) < 4.78 is 17.3. The number of hydrogen-bond donors (Lipinski definition) is 1. The molecule has 0 radical (unpaired) electrons. The first-order valence-corrected chi connectivity index (χ1v) is 16.8. The summed E-state index contributed by atoms with van der Waals surface area (Å²) in [6.07, 6.45) is 0. The molecule has 0 spiro atoms. The molecule has 1 rings (SSSR count). The molecule has 1 aromatic rings. The van der Waals surface area contributed by atoms with Crippen molar-refractivity contribution in [2.24, 2.45) is 0 Å². The summed E-state index contributed by atoms with van der Waals surface area (Å²) in [4.78, 5) is 23.7. The van der Waals surface area contributed by atoms with Gasteiger partial charge < -0.3 is 19.3 Å². The first kappa shape index (κ1) is 25.3. The van der Waals surface area contributed by atoms with Gasteiger partial charge in [-0.3, -0.25) is 10.1 Å². The summed E-state index contributed by atoms with van der Waals surface area (Å²) in [5.41, 5.74) is -0.0359. The second-order valence-corrected chi connectivity index (χ2v) is 19.1. The average Bonchev–Trinajstić information content (AvgIpc) is 2.56. The third kappa shape index (κ3) is 6.36. The normalized spacial score (nSPS) is 13.2. The van der Waals surface area contributed by atoms with Crippen molar-refractivity contribution in [1.29, 1.82) is 0 Å². The van der Waals surface area contributed by atoms with Gasteiger partial charge in [-0.1, -0.05) is 39.3 Å². The number of ether oxygens (including phenoxy) is 3. The maximum atomic E-state index is 12.1. The van der Waals surface area contributed by atoms with Gasteiger partial charge in [-0.25, -0.2) is 4.79 Å². The van der Waals surface area contributed by atoms with Crippen LogP contribution >= 0.6 is 0 Å². The first-order chi connectivity index (χ1) is 13.3. The van der Waals surface area contributed by atoms with E-state index >= 15 is 0 Å². The molecule has 0 aliphatic carbocycles. The van der Waals surface area contributed by atoms with E-state index in [4.69, 9.17) is 14.2 Å². The lowest BCUT2D eigenvalue weighted by molar-refractivity contribution is -0.384. The number of nitrogens with zero attached hydrogens (tertiary/aromatic N) is 1. The highest BCUT2D eigenvalue weighted by Gasteiger charge is 2.38. The van der Waals surface area contributed by atoms with Gasteiger partial charge in [0.1, 0.15) is 19.4 Å². The molecule has 0 saturated heterocycles. The van der Waals surface area contributed by atoms with Crippen LogP contribution in [0.5, 0.6) is 5.75 Å². The van der Waals surface area contributed by atoms with Crippen LogP contribution in [0.1, 0.15) is 29.8 Å². The Morgan fingerprint density at radius 3 is 2.14 bits per heavy atom. The molecule has 0 heterocycles. The van der Waals surface area contributed by atoms with Crippen LogP contribution in [-0.2, 0) is 16.1 Å². The number of rotatable bonds is 11. The quantitative estimate of drug-likeness (QED) is 0.238. The molecule has 0 bridgehead atoms. The van der Waals surface area contributed by atoms with E-state index < -0.39 is 33.0 Å². The smallest absolute Gasteiger partial charge is 0.339 e. The molecule has 0 saturated carbocycles. The molecule has 8 nitrogen and oxygen atoms in total. The Morgan fingerprint density at radius 1 is 1.17 bits per heavy atom. The second-order valence-electron chi connectivity index (χ2n) is 8.85. The van der Waals surface area contributed by atoms with E-state index in [-0.39, 0.29) is 29.2 Å². The fraction of sp³-hybridized carbons (Fsp3) is 0.632. The highest BCUT2D eigenvalue weighted by Crippen LogP contribution is 2.35. The van der Waals surface area contributed by atoms with Crippen molar-refractivity contribution in [1.82, 2.24) is 0 Å². The monoisotopic (exact) mass is 443 g/mol. The number of carbonyl (C=O) groups is 1. The van der Waals surface area contributed by atoms with Crippen LogP contribution in [0.25, 0.3) is 0 Å². The minimum absolute atomic E-state index is 0.0273. The predicted molar refractivity (Wildman–Crippen MR) is 118 cm³/mol. The molecule has 0 aliphatic heterocycles. The van der Waals surface area contributed by atoms with E-state index in [1.807, 2.05) is 46.2 Å². The minimum Gasteiger partial charge on any atom is -0.478 e. The Balaban J connectivity index is 3.90. The lowest BCUT2D eigenvalue weighted by Crippen LogP contribution is -2.45. The van der Waals surface area contributed by atoms with Crippen LogP contribution in [-0.4, -0.2) is 51.3 Å². The molecule has 10 heteroatoms. The minimum atomic E-state index is -2.24. The number of nitro groups is 1. The van der Waals surface area contributed by atoms with Gasteiger partial charge in [-0.2, -0.15) is 0 Å². The average molecular weight is 444 g/mol. The van der Waals surface area contributed by atoms with Crippen molar-refractivity contribution in [2.45, 2.75) is 65.6 Å². The molecule has 0 aromatic heterocycles. The molecule has 29 heavy (non-hydrogen) atoms. The summed E-state index contributed by atoms with van der Waals surface area (Å²) in [7, 11) is -4.28. The van der Waals surface area contributed by atoms with Crippen LogP contribution in [0.4, 0.5) is 5.69 Å². The van der Waals surface area contributed by atoms with Gasteiger partial charge in [0.25, 0.3) is 5.69 Å². The lowest BCUT2D eigenvalue weighted by Gasteiger charge is -2.31. The van der Waals surface area contributed by atoms with Crippen molar-refractivity contribution in [2.75, 3.05) is 13.2 Å². The molecular formula is C19H33NO7Si2. The van der Waals surface area contributed by atoms with Gasteiger partial charge in [0.05, 0.1) is 25.2 Å². The topological polar surface area (TPSA) is 108 Å². The van der Waals surface area contributed by atoms with Crippen molar-refractivity contribution in [3.8, 4) is 5.75 Å². The van der Waals surface area contributed by atoms with Gasteiger partial charge in [0, 0.05) is 18.4 Å². The Hall–Kier alpha value is -1.76. The fourth-order valence-corrected chi connectivity index (χ4v) is 5.51. The summed E-state index contributed by atoms with van der Waals surface area (Å²) in [5, 5.41) is 22.4. The van der Waals surface area contributed by atoms with Gasteiger partial charge in [-0.15, -0.1) is 0 Å². The number of aromatic carboxylic acids is 1. The summed E-state index contributed by atoms with van der Waals surface area (Å²) >= 11 is 0. The summed E-state index contributed by atoms with van der Waals surface area (Å²) in [6, 6.07) is 1.41. The Labute approximate surface area is 174 Å². The van der Waals surface area contributed by atoms with Crippen LogP contribution in [0.3, 0.4) is 0 Å². The van der Waals surface area contributed by atoms with E-state index in [0.29, 0.717) is 18.4 Å². The first-order valence-electron chi connectivity index (χ1n) is 9.69. The van der Waals surface area contributed by atoms with E-state index in [1.54, 1.807) is 6.92 Å². The predicted octanol–water partition coefficient (Wildman–Crippen LogP) is 3.99. The Bertz CT molecular complexity index is 754. The van der Waals surface area contributed by atoms with Crippen LogP contribution in [0, 0.1) is 10.1 Å². The number of benzene rings is 1. The van der Waals surface area contributed by atoms with E-state index in [1.165, 1.54) is 6.07 Å². The van der Waals surface area contributed by atoms with Crippen molar-refractivity contribution in [3.63, 3.8) is 0 Å². The highest BCUT2D eigenvalue weighted by molar-refractivity contribution is 6.89. The lowest BCUT2D eigenvalue weighted by atomic mass is 10.1. The molecule has 1 N–H and O–H groups in total. The van der Waals surface area contributed by atoms with Crippen molar-refractivity contribution >= 4 is 33.0 Å². The van der Waals surface area contributed by atoms with Crippen LogP contribution in [0.2, 0.25) is 39.3 Å². The van der Waals surface area contributed by atoms with E-state index in [2.05, 4.69) is 0 Å². The summed E-state index contributed by atoms with van der Waals surface area (Å²) in [6.45, 7) is 16.1. The van der Waals surface area contributed by atoms with Crippen molar-refractivity contribution in [3.05, 3.63) is 27.3 Å². The van der Waals surface area contributed by atoms with E-state index in [9.17, 15) is 20.0 Å². The number of carboxylic acids is 1. The van der Waals surface area contributed by atoms with Gasteiger partial charge in [0.2, 0.25) is 0 Å². The van der Waals surface area contributed by atoms with E-state index in [0.717, 1.165) is 0 Å². The Morgan fingerprint density at radius 2 is 1.76 bits per heavy atom. The fourth-order valence-electron chi connectivity index (χ4n) is 2.84.